The number of esters is 1. The molecule has 1 aliphatic carbocycles. The maximum absolute atomic E-state index is 11.8. The topological polar surface area (TPSA) is 26.3 Å². The van der Waals surface area contributed by atoms with E-state index in [-0.39, 0.29) is 17.3 Å². The van der Waals surface area contributed by atoms with Crippen LogP contribution in [0.25, 0.3) is 0 Å². The molecule has 0 bridgehead atoms. The Bertz CT molecular complexity index is 407. The first-order valence-corrected chi connectivity index (χ1v) is 6.23. The molecule has 0 amide bonds. The second-order valence-electron chi connectivity index (χ2n) is 5.25. The van der Waals surface area contributed by atoms with E-state index in [1.165, 1.54) is 18.2 Å². The molecule has 2 heteroatoms. The van der Waals surface area contributed by atoms with Gasteiger partial charge in [0, 0.05) is 5.41 Å². The van der Waals surface area contributed by atoms with Crippen molar-refractivity contribution in [3.8, 4) is 0 Å². The number of hydrogen-bond acceptors (Lipinski definition) is 2. The van der Waals surface area contributed by atoms with Crippen molar-refractivity contribution in [3.63, 3.8) is 0 Å². The zero-order valence-electron chi connectivity index (χ0n) is 10.8. The second-order valence-corrected chi connectivity index (χ2v) is 5.25. The van der Waals surface area contributed by atoms with E-state index in [1.807, 2.05) is 0 Å². The number of carbonyl (C=O) groups excluding carboxylic acids is 1. The van der Waals surface area contributed by atoms with Crippen LogP contribution in [0.5, 0.6) is 0 Å². The van der Waals surface area contributed by atoms with Gasteiger partial charge in [-0.15, -0.1) is 0 Å². The number of rotatable bonds is 2. The Morgan fingerprint density at radius 2 is 2.00 bits per heavy atom. The highest BCUT2D eigenvalue weighted by Crippen LogP contribution is 2.45. The second kappa shape index (κ2) is 4.52. The highest BCUT2D eigenvalue weighted by Gasteiger charge is 2.44. The van der Waals surface area contributed by atoms with Crippen LogP contribution < -0.4 is 0 Å². The lowest BCUT2D eigenvalue weighted by molar-refractivity contribution is -0.147. The van der Waals surface area contributed by atoms with Crippen molar-refractivity contribution < 1.29 is 9.53 Å². The fourth-order valence-corrected chi connectivity index (χ4v) is 2.97. The van der Waals surface area contributed by atoms with Crippen LogP contribution in [0.3, 0.4) is 0 Å². The molecule has 0 heterocycles. The number of benzene rings is 1. The summed E-state index contributed by atoms with van der Waals surface area (Å²) in [5.74, 6) is -0.0548. The summed E-state index contributed by atoms with van der Waals surface area (Å²) in [6.07, 6.45) is 3.11. The zero-order chi connectivity index (χ0) is 12.5. The van der Waals surface area contributed by atoms with E-state index in [0.717, 1.165) is 19.3 Å². The predicted octanol–water partition coefficient (Wildman–Crippen LogP) is 3.23. The Labute approximate surface area is 103 Å². The molecule has 0 N–H and O–H groups in total. The summed E-state index contributed by atoms with van der Waals surface area (Å²) in [7, 11) is 1.48. The van der Waals surface area contributed by atoms with Crippen molar-refractivity contribution in [1.82, 2.24) is 0 Å². The Balaban J connectivity index is 2.34. The number of aryl methyl sites for hydroxylation is 1. The number of ether oxygens (including phenoxy) is 1. The van der Waals surface area contributed by atoms with E-state index in [9.17, 15) is 4.79 Å². The molecule has 0 saturated heterocycles. The molecule has 2 nitrogen and oxygen atoms in total. The first kappa shape index (κ1) is 12.2. The third kappa shape index (κ3) is 2.08. The van der Waals surface area contributed by atoms with Crippen molar-refractivity contribution >= 4 is 5.97 Å². The molecule has 1 aliphatic rings. The molecule has 92 valence electrons. The van der Waals surface area contributed by atoms with Crippen molar-refractivity contribution in [3.05, 3.63) is 35.4 Å². The van der Waals surface area contributed by atoms with Gasteiger partial charge in [-0.1, -0.05) is 43.2 Å². The smallest absolute Gasteiger partial charge is 0.309 e. The van der Waals surface area contributed by atoms with Gasteiger partial charge in [-0.05, 0) is 25.3 Å². The first-order chi connectivity index (χ1) is 8.08. The van der Waals surface area contributed by atoms with Crippen molar-refractivity contribution in [2.24, 2.45) is 5.92 Å². The Morgan fingerprint density at radius 1 is 1.35 bits per heavy atom. The maximum Gasteiger partial charge on any atom is 0.309 e. The molecule has 1 aromatic rings. The Hall–Kier alpha value is -1.31. The molecule has 2 unspecified atom stereocenters. The first-order valence-electron chi connectivity index (χ1n) is 6.23. The fraction of sp³-hybridized carbons (Fsp3) is 0.533. The van der Waals surface area contributed by atoms with Crippen LogP contribution >= 0.6 is 0 Å². The minimum atomic E-state index is -0.0643. The van der Waals surface area contributed by atoms with Gasteiger partial charge in [0.2, 0.25) is 0 Å². The van der Waals surface area contributed by atoms with E-state index in [2.05, 4.69) is 38.1 Å². The molecule has 1 fully saturated rings. The number of hydrogen-bond donors (Lipinski definition) is 0. The van der Waals surface area contributed by atoms with Gasteiger partial charge in [0.1, 0.15) is 0 Å². The van der Waals surface area contributed by atoms with Gasteiger partial charge in [-0.25, -0.2) is 0 Å². The molecule has 17 heavy (non-hydrogen) atoms. The van der Waals surface area contributed by atoms with E-state index < -0.39 is 0 Å². The quantitative estimate of drug-likeness (QED) is 0.732. The monoisotopic (exact) mass is 232 g/mol. The minimum Gasteiger partial charge on any atom is -0.469 e. The van der Waals surface area contributed by atoms with Crippen LogP contribution in [-0.2, 0) is 14.9 Å². The molecule has 0 radical (unpaired) electrons. The average molecular weight is 232 g/mol. The fourth-order valence-electron chi connectivity index (χ4n) is 2.97. The van der Waals surface area contributed by atoms with E-state index in [0.29, 0.717) is 0 Å². The molecule has 2 rings (SSSR count). The third-order valence-electron chi connectivity index (χ3n) is 4.15. The van der Waals surface area contributed by atoms with Crippen molar-refractivity contribution in [2.45, 2.75) is 38.5 Å². The molecular weight excluding hydrogens is 212 g/mol. The largest absolute Gasteiger partial charge is 0.469 e. The Kier molecular flexibility index (Phi) is 3.23. The van der Waals surface area contributed by atoms with Crippen LogP contribution in [0.1, 0.15) is 37.3 Å². The summed E-state index contributed by atoms with van der Waals surface area (Å²) in [5, 5.41) is 0. The third-order valence-corrected chi connectivity index (χ3v) is 4.15. The lowest BCUT2D eigenvalue weighted by atomic mass is 9.74. The predicted molar refractivity (Wildman–Crippen MR) is 67.9 cm³/mol. The average Bonchev–Trinajstić information content (AvgIpc) is 2.72. The zero-order valence-corrected chi connectivity index (χ0v) is 10.8. The van der Waals surface area contributed by atoms with Gasteiger partial charge in [0.05, 0.1) is 13.0 Å². The molecular formula is C15H20O2. The molecule has 2 atom stereocenters. The lowest BCUT2D eigenvalue weighted by Gasteiger charge is -2.30. The number of methoxy groups -OCH3 is 1. The number of carbonyl (C=O) groups is 1. The summed E-state index contributed by atoms with van der Waals surface area (Å²) >= 11 is 0. The van der Waals surface area contributed by atoms with E-state index in [4.69, 9.17) is 4.74 Å². The van der Waals surface area contributed by atoms with Gasteiger partial charge in [-0.3, -0.25) is 4.79 Å². The summed E-state index contributed by atoms with van der Waals surface area (Å²) in [4.78, 5) is 11.8. The van der Waals surface area contributed by atoms with E-state index in [1.54, 1.807) is 0 Å². The summed E-state index contributed by atoms with van der Waals surface area (Å²) < 4.78 is 4.94. The van der Waals surface area contributed by atoms with Crippen molar-refractivity contribution in [1.29, 1.82) is 0 Å². The lowest BCUT2D eigenvalue weighted by Crippen LogP contribution is -2.33. The molecule has 1 saturated carbocycles. The van der Waals surface area contributed by atoms with Gasteiger partial charge >= 0.3 is 5.97 Å². The van der Waals surface area contributed by atoms with Gasteiger partial charge in [0.15, 0.2) is 0 Å². The van der Waals surface area contributed by atoms with Crippen molar-refractivity contribution in [2.75, 3.05) is 7.11 Å². The maximum atomic E-state index is 11.8. The highest BCUT2D eigenvalue weighted by molar-refractivity contribution is 5.75. The Morgan fingerprint density at radius 3 is 2.59 bits per heavy atom. The normalized spacial score (nSPS) is 28.1. The molecule has 0 aliphatic heterocycles. The van der Waals surface area contributed by atoms with Crippen LogP contribution in [0.4, 0.5) is 0 Å². The van der Waals surface area contributed by atoms with Crippen LogP contribution in [0, 0.1) is 12.8 Å². The van der Waals surface area contributed by atoms with Gasteiger partial charge in [0.25, 0.3) is 0 Å². The highest BCUT2D eigenvalue weighted by atomic mass is 16.5. The van der Waals surface area contributed by atoms with Gasteiger partial charge in [-0.2, -0.15) is 0 Å². The minimum absolute atomic E-state index is 0.00945. The summed E-state index contributed by atoms with van der Waals surface area (Å²) in [6.45, 7) is 4.27. The summed E-state index contributed by atoms with van der Waals surface area (Å²) in [6, 6.07) is 8.54. The molecule has 0 aromatic heterocycles. The molecule has 0 spiro atoms. The van der Waals surface area contributed by atoms with Crippen LogP contribution in [-0.4, -0.2) is 13.1 Å². The standard InChI is InChI=1S/C15H20O2/c1-11-6-8-12(9-7-11)15(2)10-4-5-13(15)14(16)17-3/h6-9,13H,4-5,10H2,1-3H3. The van der Waals surface area contributed by atoms with Crippen LogP contribution in [0.2, 0.25) is 0 Å². The van der Waals surface area contributed by atoms with Crippen LogP contribution in [0.15, 0.2) is 24.3 Å². The molecule has 1 aromatic carbocycles. The summed E-state index contributed by atoms with van der Waals surface area (Å²) in [5.41, 5.74) is 2.46. The SMILES string of the molecule is COC(=O)C1CCCC1(C)c1ccc(C)cc1. The van der Waals surface area contributed by atoms with E-state index >= 15 is 0 Å². The van der Waals surface area contributed by atoms with Gasteiger partial charge < -0.3 is 4.74 Å².